The second-order valence-corrected chi connectivity index (χ2v) is 6.47. The molecule has 0 aromatic heterocycles. The van der Waals surface area contributed by atoms with Crippen LogP contribution >= 0.6 is 0 Å². The van der Waals surface area contributed by atoms with Gasteiger partial charge < -0.3 is 14.2 Å². The standard InChI is InChI=1S/C21H25NO4/c1-24-19-9-5-16(6-10-19)13-20-15-22(11-12-26-20)14-17-3-7-18(8-4-17)21(23)25-2/h3-10,20H,11-15H2,1-2H3/t20-/m1/s1. The van der Waals surface area contributed by atoms with Gasteiger partial charge in [0.05, 0.1) is 32.5 Å². The summed E-state index contributed by atoms with van der Waals surface area (Å²) in [6, 6.07) is 15.8. The Labute approximate surface area is 154 Å². The van der Waals surface area contributed by atoms with E-state index in [1.807, 2.05) is 36.4 Å². The van der Waals surface area contributed by atoms with E-state index in [0.717, 1.165) is 38.4 Å². The molecule has 1 saturated heterocycles. The van der Waals surface area contributed by atoms with Crippen LogP contribution in [0.2, 0.25) is 0 Å². The number of carbonyl (C=O) groups is 1. The maximum absolute atomic E-state index is 11.5. The minimum Gasteiger partial charge on any atom is -0.497 e. The number of ether oxygens (including phenoxy) is 3. The number of methoxy groups -OCH3 is 2. The second kappa shape index (κ2) is 8.83. The second-order valence-electron chi connectivity index (χ2n) is 6.47. The monoisotopic (exact) mass is 355 g/mol. The Bertz CT molecular complexity index is 712. The van der Waals surface area contributed by atoms with Crippen molar-refractivity contribution in [3.8, 4) is 5.75 Å². The molecule has 1 atom stereocenters. The molecule has 0 bridgehead atoms. The first kappa shape index (κ1) is 18.4. The average Bonchev–Trinajstić information content (AvgIpc) is 2.69. The van der Waals surface area contributed by atoms with Gasteiger partial charge in [-0.2, -0.15) is 0 Å². The van der Waals surface area contributed by atoms with Crippen LogP contribution in [-0.2, 0) is 22.4 Å². The number of rotatable bonds is 6. The molecule has 1 aliphatic rings. The van der Waals surface area contributed by atoms with Crippen LogP contribution in [0.4, 0.5) is 0 Å². The van der Waals surface area contributed by atoms with Crippen molar-refractivity contribution in [2.24, 2.45) is 0 Å². The predicted octanol–water partition coefficient (Wildman–Crippen LogP) is 2.93. The molecular weight excluding hydrogens is 330 g/mol. The Balaban J connectivity index is 1.55. The molecular formula is C21H25NO4. The van der Waals surface area contributed by atoms with Gasteiger partial charge in [-0.05, 0) is 41.8 Å². The number of nitrogens with zero attached hydrogens (tertiary/aromatic N) is 1. The lowest BCUT2D eigenvalue weighted by atomic mass is 10.1. The van der Waals surface area contributed by atoms with Gasteiger partial charge in [-0.25, -0.2) is 4.79 Å². The third-order valence-corrected chi connectivity index (χ3v) is 4.63. The van der Waals surface area contributed by atoms with Gasteiger partial charge >= 0.3 is 5.97 Å². The molecule has 0 aliphatic carbocycles. The Kier molecular flexibility index (Phi) is 6.26. The van der Waals surface area contributed by atoms with Crippen molar-refractivity contribution < 1.29 is 19.0 Å². The van der Waals surface area contributed by atoms with E-state index in [-0.39, 0.29) is 12.1 Å². The summed E-state index contributed by atoms with van der Waals surface area (Å²) in [6.45, 7) is 3.40. The first-order chi connectivity index (χ1) is 12.7. The zero-order chi connectivity index (χ0) is 18.4. The van der Waals surface area contributed by atoms with E-state index in [1.54, 1.807) is 7.11 Å². The van der Waals surface area contributed by atoms with Crippen LogP contribution in [0.25, 0.3) is 0 Å². The molecule has 138 valence electrons. The van der Waals surface area contributed by atoms with Crippen molar-refractivity contribution in [2.45, 2.75) is 19.1 Å². The smallest absolute Gasteiger partial charge is 0.337 e. The van der Waals surface area contributed by atoms with Gasteiger partial charge in [0, 0.05) is 19.6 Å². The Hall–Kier alpha value is -2.37. The fraction of sp³-hybridized carbons (Fsp3) is 0.381. The molecule has 0 unspecified atom stereocenters. The maximum Gasteiger partial charge on any atom is 0.337 e. The lowest BCUT2D eigenvalue weighted by Crippen LogP contribution is -2.42. The predicted molar refractivity (Wildman–Crippen MR) is 99.5 cm³/mol. The molecule has 0 spiro atoms. The average molecular weight is 355 g/mol. The van der Waals surface area contributed by atoms with Crippen LogP contribution in [0.15, 0.2) is 48.5 Å². The van der Waals surface area contributed by atoms with Crippen LogP contribution in [0, 0.1) is 0 Å². The van der Waals surface area contributed by atoms with E-state index in [0.29, 0.717) is 5.56 Å². The minimum atomic E-state index is -0.303. The SMILES string of the molecule is COC(=O)c1ccc(CN2CCO[C@H](Cc3ccc(OC)cc3)C2)cc1. The first-order valence-electron chi connectivity index (χ1n) is 8.82. The van der Waals surface area contributed by atoms with Crippen LogP contribution in [0.1, 0.15) is 21.5 Å². The number of morpholine rings is 1. The highest BCUT2D eigenvalue weighted by Crippen LogP contribution is 2.17. The fourth-order valence-electron chi connectivity index (χ4n) is 3.19. The summed E-state index contributed by atoms with van der Waals surface area (Å²) in [7, 11) is 3.07. The molecule has 5 heteroatoms. The Morgan fingerprint density at radius 2 is 1.77 bits per heavy atom. The van der Waals surface area contributed by atoms with Gasteiger partial charge in [-0.1, -0.05) is 24.3 Å². The van der Waals surface area contributed by atoms with Gasteiger partial charge in [0.15, 0.2) is 0 Å². The molecule has 0 amide bonds. The zero-order valence-electron chi connectivity index (χ0n) is 15.3. The lowest BCUT2D eigenvalue weighted by molar-refractivity contribution is -0.0305. The summed E-state index contributed by atoms with van der Waals surface area (Å²) >= 11 is 0. The van der Waals surface area contributed by atoms with Crippen LogP contribution in [-0.4, -0.2) is 50.9 Å². The number of carbonyl (C=O) groups excluding carboxylic acids is 1. The molecule has 2 aromatic rings. The van der Waals surface area contributed by atoms with E-state index in [4.69, 9.17) is 14.2 Å². The highest BCUT2D eigenvalue weighted by atomic mass is 16.5. The summed E-state index contributed by atoms with van der Waals surface area (Å²) in [5, 5.41) is 0. The highest BCUT2D eigenvalue weighted by molar-refractivity contribution is 5.89. The van der Waals surface area contributed by atoms with Crippen LogP contribution < -0.4 is 4.74 Å². The topological polar surface area (TPSA) is 48.0 Å². The minimum absolute atomic E-state index is 0.187. The molecule has 26 heavy (non-hydrogen) atoms. The van der Waals surface area contributed by atoms with Crippen molar-refractivity contribution in [3.05, 3.63) is 65.2 Å². The molecule has 1 aliphatic heterocycles. The molecule has 0 radical (unpaired) electrons. The molecule has 3 rings (SSSR count). The van der Waals surface area contributed by atoms with Crippen LogP contribution in [0.3, 0.4) is 0 Å². The van der Waals surface area contributed by atoms with Crippen molar-refractivity contribution in [1.82, 2.24) is 4.90 Å². The summed E-state index contributed by atoms with van der Waals surface area (Å²) in [5.74, 6) is 0.567. The zero-order valence-corrected chi connectivity index (χ0v) is 15.3. The molecule has 1 heterocycles. The van der Waals surface area contributed by atoms with Crippen LogP contribution in [0.5, 0.6) is 5.75 Å². The molecule has 0 saturated carbocycles. The van der Waals surface area contributed by atoms with Crippen molar-refractivity contribution in [1.29, 1.82) is 0 Å². The summed E-state index contributed by atoms with van der Waals surface area (Å²) in [5.41, 5.74) is 3.01. The van der Waals surface area contributed by atoms with E-state index >= 15 is 0 Å². The largest absolute Gasteiger partial charge is 0.497 e. The van der Waals surface area contributed by atoms with Gasteiger partial charge in [0.25, 0.3) is 0 Å². The van der Waals surface area contributed by atoms with Gasteiger partial charge in [-0.3, -0.25) is 4.90 Å². The van der Waals surface area contributed by atoms with E-state index < -0.39 is 0 Å². The molecule has 2 aromatic carbocycles. The van der Waals surface area contributed by atoms with Crippen molar-refractivity contribution >= 4 is 5.97 Å². The number of esters is 1. The molecule has 5 nitrogen and oxygen atoms in total. The van der Waals surface area contributed by atoms with E-state index in [2.05, 4.69) is 17.0 Å². The number of benzene rings is 2. The third kappa shape index (κ3) is 4.84. The maximum atomic E-state index is 11.5. The summed E-state index contributed by atoms with van der Waals surface area (Å²) in [4.78, 5) is 13.9. The van der Waals surface area contributed by atoms with Crippen molar-refractivity contribution in [3.63, 3.8) is 0 Å². The molecule has 1 fully saturated rings. The van der Waals surface area contributed by atoms with E-state index in [1.165, 1.54) is 18.2 Å². The first-order valence-corrected chi connectivity index (χ1v) is 8.82. The molecule has 0 N–H and O–H groups in total. The fourth-order valence-corrected chi connectivity index (χ4v) is 3.19. The van der Waals surface area contributed by atoms with E-state index in [9.17, 15) is 4.79 Å². The quantitative estimate of drug-likeness (QED) is 0.746. The number of hydrogen-bond acceptors (Lipinski definition) is 5. The summed E-state index contributed by atoms with van der Waals surface area (Å²) in [6.07, 6.45) is 1.08. The third-order valence-electron chi connectivity index (χ3n) is 4.63. The van der Waals surface area contributed by atoms with Gasteiger partial charge in [0.2, 0.25) is 0 Å². The van der Waals surface area contributed by atoms with Gasteiger partial charge in [0.1, 0.15) is 5.75 Å². The van der Waals surface area contributed by atoms with Crippen molar-refractivity contribution in [2.75, 3.05) is 33.9 Å². The lowest BCUT2D eigenvalue weighted by Gasteiger charge is -2.33. The Morgan fingerprint density at radius 1 is 1.08 bits per heavy atom. The number of hydrogen-bond donors (Lipinski definition) is 0. The Morgan fingerprint density at radius 3 is 2.42 bits per heavy atom. The normalized spacial score (nSPS) is 17.7. The highest BCUT2D eigenvalue weighted by Gasteiger charge is 2.21. The van der Waals surface area contributed by atoms with Gasteiger partial charge in [-0.15, -0.1) is 0 Å². The summed E-state index contributed by atoms with van der Waals surface area (Å²) < 4.78 is 15.9.